The molecule has 0 saturated carbocycles. The molecule has 0 heterocycles. The summed E-state index contributed by atoms with van der Waals surface area (Å²) < 4.78 is 0.769. The van der Waals surface area contributed by atoms with Crippen LogP contribution in [0.5, 0.6) is 0 Å². The molecule has 4 heteroatoms. The highest BCUT2D eigenvalue weighted by Crippen LogP contribution is 2.01. The van der Waals surface area contributed by atoms with Crippen molar-refractivity contribution in [3.63, 3.8) is 0 Å². The number of hydrogen-bond donors (Lipinski definition) is 0. The van der Waals surface area contributed by atoms with E-state index in [2.05, 4.69) is 5.10 Å². The van der Waals surface area contributed by atoms with E-state index in [1.165, 1.54) is 11.8 Å². The number of rotatable bonds is 2. The first-order chi connectivity index (χ1) is 5.22. The van der Waals surface area contributed by atoms with Crippen LogP contribution in [0.3, 0.4) is 0 Å². The average Bonchev–Trinajstić information content (AvgIpc) is 2.03. The lowest BCUT2D eigenvalue weighted by Gasteiger charge is -2.09. The van der Waals surface area contributed by atoms with E-state index in [1.807, 2.05) is 32.4 Å². The fourth-order valence-corrected chi connectivity index (χ4v) is 0.762. The first kappa shape index (κ1) is 10.7. The maximum atomic E-state index is 4.98. The average molecular weight is 188 g/mol. The molecule has 0 unspecified atom stereocenters. The molecule has 0 rings (SSSR count). The molecule has 0 aliphatic rings. The smallest absolute Gasteiger partial charge is 0.156 e. The topological polar surface area (TPSA) is 15.6 Å². The molecule has 0 radical (unpaired) electrons. The molecule has 0 aliphatic heterocycles. The normalized spacial score (nSPS) is 11.2. The molecule has 0 spiro atoms. The second-order valence-corrected chi connectivity index (χ2v) is 3.22. The Kier molecular flexibility index (Phi) is 6.16. The van der Waals surface area contributed by atoms with Crippen molar-refractivity contribution in [1.29, 1.82) is 0 Å². The summed E-state index contributed by atoms with van der Waals surface area (Å²) in [7, 11) is 1.83. The van der Waals surface area contributed by atoms with Gasteiger partial charge in [-0.25, -0.2) is 0 Å². The van der Waals surface area contributed by atoms with Crippen LogP contribution in [0.1, 0.15) is 6.92 Å². The maximum absolute atomic E-state index is 4.98. The monoisotopic (exact) mass is 188 g/mol. The largest absolute Gasteiger partial charge is 0.252 e. The van der Waals surface area contributed by atoms with Gasteiger partial charge in [0, 0.05) is 13.3 Å². The van der Waals surface area contributed by atoms with E-state index in [1.54, 1.807) is 11.2 Å². The van der Waals surface area contributed by atoms with Crippen LogP contribution in [0.2, 0.25) is 0 Å². The molecule has 0 aromatic rings. The van der Waals surface area contributed by atoms with Gasteiger partial charge in [0.05, 0.1) is 0 Å². The third-order valence-corrected chi connectivity index (χ3v) is 2.33. The van der Waals surface area contributed by atoms with Crippen molar-refractivity contribution in [2.45, 2.75) is 6.92 Å². The van der Waals surface area contributed by atoms with Crippen LogP contribution in [0, 0.1) is 0 Å². The number of hydrazone groups is 1. The van der Waals surface area contributed by atoms with Crippen molar-refractivity contribution in [1.82, 2.24) is 5.01 Å². The minimum absolute atomic E-state index is 0.769. The number of allylic oxidation sites excluding steroid dienone is 2. The van der Waals surface area contributed by atoms with Gasteiger partial charge in [-0.2, -0.15) is 5.10 Å². The predicted molar refractivity (Wildman–Crippen MR) is 57.2 cm³/mol. The van der Waals surface area contributed by atoms with Gasteiger partial charge in [0.1, 0.15) is 0 Å². The third kappa shape index (κ3) is 4.98. The van der Waals surface area contributed by atoms with Gasteiger partial charge in [-0.15, -0.1) is 0 Å². The molecule has 0 amide bonds. The first-order valence-electron chi connectivity index (χ1n) is 3.19. The van der Waals surface area contributed by atoms with Crippen LogP contribution >= 0.6 is 24.0 Å². The molecule has 62 valence electrons. The molecule has 0 aromatic carbocycles. The Bertz CT molecular complexity index is 175. The van der Waals surface area contributed by atoms with Crippen LogP contribution in [-0.2, 0) is 0 Å². The zero-order valence-corrected chi connectivity index (χ0v) is 8.58. The van der Waals surface area contributed by atoms with Gasteiger partial charge in [-0.05, 0) is 19.3 Å². The minimum atomic E-state index is 0.769. The Morgan fingerprint density at radius 2 is 2.27 bits per heavy atom. The van der Waals surface area contributed by atoms with Gasteiger partial charge >= 0.3 is 0 Å². The fourth-order valence-electron chi connectivity index (χ4n) is 0.404. The van der Waals surface area contributed by atoms with Crippen molar-refractivity contribution in [2.75, 3.05) is 13.3 Å². The summed E-state index contributed by atoms with van der Waals surface area (Å²) in [5.41, 5.74) is 0. The second kappa shape index (κ2) is 6.37. The third-order valence-electron chi connectivity index (χ3n) is 0.957. The number of thiocarbonyl (C=S) groups is 1. The van der Waals surface area contributed by atoms with Gasteiger partial charge in [0.25, 0.3) is 0 Å². The lowest BCUT2D eigenvalue weighted by Crippen LogP contribution is -2.14. The lowest BCUT2D eigenvalue weighted by atomic mass is 10.6. The van der Waals surface area contributed by atoms with Crippen LogP contribution in [-0.4, -0.2) is 28.8 Å². The molecule has 0 bridgehead atoms. The summed E-state index contributed by atoms with van der Waals surface area (Å²) in [6.07, 6.45) is 7.42. The Labute approximate surface area is 77.3 Å². The van der Waals surface area contributed by atoms with Gasteiger partial charge < -0.3 is 0 Å². The van der Waals surface area contributed by atoms with E-state index in [-0.39, 0.29) is 0 Å². The predicted octanol–water partition coefficient (Wildman–Crippen LogP) is 2.13. The first-order valence-corrected chi connectivity index (χ1v) is 4.82. The highest BCUT2D eigenvalue weighted by Gasteiger charge is 1.96. The van der Waals surface area contributed by atoms with E-state index in [0.717, 1.165) is 4.32 Å². The van der Waals surface area contributed by atoms with Crippen molar-refractivity contribution in [2.24, 2.45) is 5.10 Å². The molecule has 11 heavy (non-hydrogen) atoms. The molecule has 0 N–H and O–H groups in total. The highest BCUT2D eigenvalue weighted by molar-refractivity contribution is 8.22. The quantitative estimate of drug-likeness (QED) is 0.375. The number of hydrogen-bond acceptors (Lipinski definition) is 3. The second-order valence-electron chi connectivity index (χ2n) is 1.78. The summed E-state index contributed by atoms with van der Waals surface area (Å²) in [5.74, 6) is 0. The molecule has 0 atom stereocenters. The standard InChI is InChI=1S/C7H12N2S2/c1-4-5-6-8-9(2)7(10)11-3/h4-6H,1-3H3. The summed E-state index contributed by atoms with van der Waals surface area (Å²) in [4.78, 5) is 0. The molecule has 0 aliphatic carbocycles. The van der Waals surface area contributed by atoms with Crippen LogP contribution < -0.4 is 0 Å². The Morgan fingerprint density at radius 3 is 2.73 bits per heavy atom. The number of nitrogens with zero attached hydrogens (tertiary/aromatic N) is 2. The summed E-state index contributed by atoms with van der Waals surface area (Å²) in [6.45, 7) is 1.94. The van der Waals surface area contributed by atoms with Crippen molar-refractivity contribution < 1.29 is 0 Å². The van der Waals surface area contributed by atoms with Crippen molar-refractivity contribution in [3.05, 3.63) is 12.2 Å². The minimum Gasteiger partial charge on any atom is -0.252 e. The zero-order chi connectivity index (χ0) is 8.69. The molecule has 0 fully saturated rings. The SMILES string of the molecule is CC=CC=NN(C)C(=S)SC. The number of thioether (sulfide) groups is 1. The fraction of sp³-hybridized carbons (Fsp3) is 0.429. The van der Waals surface area contributed by atoms with E-state index in [4.69, 9.17) is 12.2 Å². The van der Waals surface area contributed by atoms with Crippen molar-refractivity contribution >= 4 is 34.5 Å². The Balaban J connectivity index is 3.85. The molecular formula is C7H12N2S2. The van der Waals surface area contributed by atoms with Gasteiger partial charge in [0.2, 0.25) is 0 Å². The van der Waals surface area contributed by atoms with Gasteiger partial charge in [0.15, 0.2) is 4.32 Å². The van der Waals surface area contributed by atoms with Crippen LogP contribution in [0.4, 0.5) is 0 Å². The van der Waals surface area contributed by atoms with Gasteiger partial charge in [-0.1, -0.05) is 30.1 Å². The molecule has 0 saturated heterocycles. The Hall–Kier alpha value is -0.350. The summed E-state index contributed by atoms with van der Waals surface area (Å²) in [6, 6.07) is 0. The lowest BCUT2D eigenvalue weighted by molar-refractivity contribution is 0.569. The van der Waals surface area contributed by atoms with E-state index in [0.29, 0.717) is 0 Å². The molecular weight excluding hydrogens is 176 g/mol. The van der Waals surface area contributed by atoms with E-state index < -0.39 is 0 Å². The van der Waals surface area contributed by atoms with Crippen LogP contribution in [0.25, 0.3) is 0 Å². The Morgan fingerprint density at radius 1 is 1.64 bits per heavy atom. The molecule has 0 aromatic heterocycles. The van der Waals surface area contributed by atoms with E-state index in [9.17, 15) is 0 Å². The summed E-state index contributed by atoms with van der Waals surface area (Å²) >= 11 is 6.49. The van der Waals surface area contributed by atoms with Crippen LogP contribution in [0.15, 0.2) is 17.3 Å². The zero-order valence-electron chi connectivity index (χ0n) is 6.94. The van der Waals surface area contributed by atoms with Gasteiger partial charge in [-0.3, -0.25) is 5.01 Å². The maximum Gasteiger partial charge on any atom is 0.156 e. The van der Waals surface area contributed by atoms with Crippen molar-refractivity contribution in [3.8, 4) is 0 Å². The van der Waals surface area contributed by atoms with E-state index >= 15 is 0 Å². The highest BCUT2D eigenvalue weighted by atomic mass is 32.2. The molecule has 2 nitrogen and oxygen atoms in total. The summed E-state index contributed by atoms with van der Waals surface area (Å²) in [5, 5.41) is 5.71.